The maximum absolute atomic E-state index is 12.7. The van der Waals surface area contributed by atoms with Gasteiger partial charge in [-0.2, -0.15) is 5.26 Å². The normalized spacial score (nSPS) is 17.7. The molecule has 190 valence electrons. The fourth-order valence-corrected chi connectivity index (χ4v) is 6.15. The number of nitriles is 1. The lowest BCUT2D eigenvalue weighted by molar-refractivity contribution is -0.134. The fraction of sp³-hybridized carbons (Fsp3) is 0.360. The standard InChI is InChI=1S/C25H23ClN6O3S2/c1-36-25-23(28-7-8-29-25)34-13-21(33)32-9-5-15(6-10-32)24-30-19(14-37-24)18-11-20(35-31-18)22-16(12-27)3-2-4-17(22)26/h2-4,7-8,14-15,20H,5-6,9-11,13H2,1H3. The third-order valence-electron chi connectivity index (χ3n) is 6.34. The predicted molar refractivity (Wildman–Crippen MR) is 141 cm³/mol. The number of thiazole rings is 1. The third kappa shape index (κ3) is 5.56. The summed E-state index contributed by atoms with van der Waals surface area (Å²) in [5.41, 5.74) is 2.68. The molecule has 1 aromatic carbocycles. The average Bonchev–Trinajstić information content (AvgIpc) is 3.62. The van der Waals surface area contributed by atoms with Crippen LogP contribution in [0.25, 0.3) is 0 Å². The van der Waals surface area contributed by atoms with Crippen LogP contribution in [-0.4, -0.2) is 57.4 Å². The summed E-state index contributed by atoms with van der Waals surface area (Å²) in [7, 11) is 0. The molecule has 0 radical (unpaired) electrons. The summed E-state index contributed by atoms with van der Waals surface area (Å²) in [5, 5.41) is 17.9. The Morgan fingerprint density at radius 2 is 2.14 bits per heavy atom. The van der Waals surface area contributed by atoms with E-state index in [0.717, 1.165) is 29.3 Å². The van der Waals surface area contributed by atoms with E-state index < -0.39 is 6.10 Å². The molecule has 2 aromatic heterocycles. The van der Waals surface area contributed by atoms with Crippen molar-refractivity contribution in [3.8, 4) is 11.9 Å². The van der Waals surface area contributed by atoms with Crippen molar-refractivity contribution in [1.82, 2.24) is 19.9 Å². The van der Waals surface area contributed by atoms with Crippen molar-refractivity contribution in [1.29, 1.82) is 5.26 Å². The highest BCUT2D eigenvalue weighted by Crippen LogP contribution is 2.37. The number of halogens is 1. The third-order valence-corrected chi connectivity index (χ3v) is 8.34. The van der Waals surface area contributed by atoms with Crippen molar-refractivity contribution in [2.45, 2.75) is 36.3 Å². The van der Waals surface area contributed by atoms with Gasteiger partial charge in [-0.1, -0.05) is 22.8 Å². The van der Waals surface area contributed by atoms with Crippen LogP contribution < -0.4 is 4.74 Å². The van der Waals surface area contributed by atoms with E-state index in [-0.39, 0.29) is 18.4 Å². The Hall–Kier alpha value is -3.20. The van der Waals surface area contributed by atoms with Crippen LogP contribution in [0.1, 0.15) is 53.1 Å². The Morgan fingerprint density at radius 3 is 2.92 bits per heavy atom. The summed E-state index contributed by atoms with van der Waals surface area (Å²) in [5.74, 6) is 0.600. The number of carbonyl (C=O) groups excluding carboxylic acids is 1. The summed E-state index contributed by atoms with van der Waals surface area (Å²) < 4.78 is 5.63. The van der Waals surface area contributed by atoms with E-state index in [1.54, 1.807) is 41.9 Å². The van der Waals surface area contributed by atoms with Gasteiger partial charge in [-0.25, -0.2) is 15.0 Å². The summed E-state index contributed by atoms with van der Waals surface area (Å²) in [6, 6.07) is 7.40. The molecule has 0 spiro atoms. The van der Waals surface area contributed by atoms with Crippen LogP contribution in [0, 0.1) is 11.3 Å². The molecular weight excluding hydrogens is 532 g/mol. The Balaban J connectivity index is 1.15. The molecule has 5 rings (SSSR count). The molecule has 2 aliphatic rings. The number of aromatic nitrogens is 3. The Kier molecular flexibility index (Phi) is 7.88. The van der Waals surface area contributed by atoms with Crippen molar-refractivity contribution in [2.24, 2.45) is 5.16 Å². The molecule has 1 atom stereocenters. The molecule has 37 heavy (non-hydrogen) atoms. The number of hydrogen-bond acceptors (Lipinski definition) is 10. The zero-order valence-corrected chi connectivity index (χ0v) is 22.4. The second kappa shape index (κ2) is 11.5. The SMILES string of the molecule is CSc1nccnc1OCC(=O)N1CCC(c2nc(C3=NOC(c4c(Cl)cccc4C#N)C3)cs2)CC1. The number of thioether (sulfide) groups is 1. The van der Waals surface area contributed by atoms with Gasteiger partial charge in [-0.15, -0.1) is 23.1 Å². The van der Waals surface area contributed by atoms with E-state index in [0.29, 0.717) is 46.6 Å². The number of benzene rings is 1. The maximum atomic E-state index is 12.7. The van der Waals surface area contributed by atoms with E-state index in [2.05, 4.69) is 21.2 Å². The number of hydrogen-bond donors (Lipinski definition) is 0. The molecule has 1 amide bonds. The van der Waals surface area contributed by atoms with E-state index in [9.17, 15) is 10.1 Å². The Labute approximate surface area is 227 Å². The number of oxime groups is 1. The molecule has 3 aromatic rings. The number of amides is 1. The summed E-state index contributed by atoms with van der Waals surface area (Å²) >= 11 is 9.38. The summed E-state index contributed by atoms with van der Waals surface area (Å²) in [6.07, 6.45) is 6.79. The zero-order chi connectivity index (χ0) is 25.8. The molecule has 0 aliphatic carbocycles. The van der Waals surface area contributed by atoms with E-state index >= 15 is 0 Å². The van der Waals surface area contributed by atoms with Gasteiger partial charge in [0, 0.05) is 53.8 Å². The monoisotopic (exact) mass is 554 g/mol. The van der Waals surface area contributed by atoms with Crippen LogP contribution in [0.3, 0.4) is 0 Å². The molecule has 1 unspecified atom stereocenters. The number of likely N-dealkylation sites (tertiary alicyclic amines) is 1. The van der Waals surface area contributed by atoms with E-state index in [1.165, 1.54) is 11.8 Å². The first-order valence-electron chi connectivity index (χ1n) is 11.7. The molecule has 12 heteroatoms. The second-order valence-electron chi connectivity index (χ2n) is 8.53. The lowest BCUT2D eigenvalue weighted by atomic mass is 9.97. The molecule has 1 saturated heterocycles. The van der Waals surface area contributed by atoms with Gasteiger partial charge in [0.1, 0.15) is 5.71 Å². The Morgan fingerprint density at radius 1 is 1.32 bits per heavy atom. The number of piperidine rings is 1. The van der Waals surface area contributed by atoms with Crippen molar-refractivity contribution in [3.63, 3.8) is 0 Å². The number of nitrogens with zero attached hydrogens (tertiary/aromatic N) is 6. The molecule has 4 heterocycles. The fourth-order valence-electron chi connectivity index (χ4n) is 4.40. The number of ether oxygens (including phenoxy) is 1. The van der Waals surface area contributed by atoms with Gasteiger partial charge in [0.25, 0.3) is 5.91 Å². The highest BCUT2D eigenvalue weighted by Gasteiger charge is 2.31. The van der Waals surface area contributed by atoms with Gasteiger partial charge in [0.2, 0.25) is 5.88 Å². The van der Waals surface area contributed by atoms with Crippen LogP contribution in [-0.2, 0) is 9.63 Å². The van der Waals surface area contributed by atoms with Crippen LogP contribution in [0.5, 0.6) is 5.88 Å². The molecule has 1 fully saturated rings. The molecule has 0 saturated carbocycles. The van der Waals surface area contributed by atoms with Crippen LogP contribution >= 0.6 is 34.7 Å². The molecule has 2 aliphatic heterocycles. The molecule has 0 bridgehead atoms. The van der Waals surface area contributed by atoms with Gasteiger partial charge < -0.3 is 14.5 Å². The quantitative estimate of drug-likeness (QED) is 0.381. The molecule has 0 N–H and O–H groups in total. The maximum Gasteiger partial charge on any atom is 0.260 e. The van der Waals surface area contributed by atoms with Crippen LogP contribution in [0.2, 0.25) is 5.02 Å². The minimum atomic E-state index is -0.408. The van der Waals surface area contributed by atoms with Gasteiger partial charge in [-0.3, -0.25) is 4.79 Å². The molecule has 9 nitrogen and oxygen atoms in total. The zero-order valence-electron chi connectivity index (χ0n) is 20.0. The van der Waals surface area contributed by atoms with Gasteiger partial charge >= 0.3 is 0 Å². The van der Waals surface area contributed by atoms with Crippen molar-refractivity contribution < 1.29 is 14.4 Å². The number of carbonyl (C=O) groups is 1. The van der Waals surface area contributed by atoms with Crippen molar-refractivity contribution in [3.05, 3.63) is 62.8 Å². The average molecular weight is 555 g/mol. The van der Waals surface area contributed by atoms with Crippen molar-refractivity contribution in [2.75, 3.05) is 26.0 Å². The topological polar surface area (TPSA) is 114 Å². The van der Waals surface area contributed by atoms with Crippen LogP contribution in [0.15, 0.2) is 46.2 Å². The highest BCUT2D eigenvalue weighted by atomic mass is 35.5. The van der Waals surface area contributed by atoms with E-state index in [1.807, 2.05) is 16.5 Å². The number of rotatable bonds is 7. The lowest BCUT2D eigenvalue weighted by Gasteiger charge is -2.31. The minimum Gasteiger partial charge on any atom is -0.466 e. The van der Waals surface area contributed by atoms with Gasteiger partial charge in [-0.05, 0) is 31.2 Å². The Bertz CT molecular complexity index is 1370. The predicted octanol–water partition coefficient (Wildman–Crippen LogP) is 4.83. The van der Waals surface area contributed by atoms with E-state index in [4.69, 9.17) is 26.2 Å². The lowest BCUT2D eigenvalue weighted by Crippen LogP contribution is -2.40. The smallest absolute Gasteiger partial charge is 0.260 e. The van der Waals surface area contributed by atoms with Crippen molar-refractivity contribution >= 4 is 46.3 Å². The largest absolute Gasteiger partial charge is 0.466 e. The first kappa shape index (κ1) is 25.4. The highest BCUT2D eigenvalue weighted by molar-refractivity contribution is 7.98. The first-order chi connectivity index (χ1) is 18.1. The van der Waals surface area contributed by atoms with Gasteiger partial charge in [0.05, 0.1) is 22.3 Å². The minimum absolute atomic E-state index is 0.0573. The van der Waals surface area contributed by atoms with Crippen LogP contribution in [0.4, 0.5) is 0 Å². The summed E-state index contributed by atoms with van der Waals surface area (Å²) in [6.45, 7) is 1.23. The second-order valence-corrected chi connectivity index (χ2v) is 10.6. The molecular formula is C25H23ClN6O3S2. The summed E-state index contributed by atoms with van der Waals surface area (Å²) in [4.78, 5) is 33.4. The van der Waals surface area contributed by atoms with Gasteiger partial charge in [0.15, 0.2) is 17.7 Å². The first-order valence-corrected chi connectivity index (χ1v) is 14.2.